The van der Waals surface area contributed by atoms with Crippen LogP contribution in [0.4, 0.5) is 0 Å². The monoisotopic (exact) mass is 266 g/mol. The van der Waals surface area contributed by atoms with Crippen LogP contribution in [0.1, 0.15) is 39.0 Å². The van der Waals surface area contributed by atoms with E-state index in [9.17, 15) is 4.79 Å². The van der Waals surface area contributed by atoms with Crippen LogP contribution in [0.25, 0.3) is 0 Å². The number of nitrogens with zero attached hydrogens (tertiary/aromatic N) is 2. The SMILES string of the molecule is C=CCCCCCC1=NC=C[N+]1(CC(=O)O)C(C)N. The molecule has 0 fully saturated rings. The smallest absolute Gasteiger partial charge is 0.360 e. The molecular formula is C14H24N3O2+. The molecule has 1 aliphatic heterocycles. The van der Waals surface area contributed by atoms with Gasteiger partial charge in [0.25, 0.3) is 0 Å². The zero-order chi connectivity index (χ0) is 14.3. The van der Waals surface area contributed by atoms with Crippen LogP contribution in [0.15, 0.2) is 30.0 Å². The molecule has 1 aliphatic rings. The summed E-state index contributed by atoms with van der Waals surface area (Å²) in [7, 11) is 0. The highest BCUT2D eigenvalue weighted by Gasteiger charge is 2.40. The van der Waals surface area contributed by atoms with E-state index in [0.717, 1.165) is 37.9 Å². The first-order chi connectivity index (χ1) is 9.03. The second-order valence-corrected chi connectivity index (χ2v) is 4.95. The van der Waals surface area contributed by atoms with Crippen molar-refractivity contribution in [2.45, 2.75) is 45.2 Å². The number of nitrogens with two attached hydrogens (primary N) is 1. The number of aliphatic imine (C=N–C) groups is 1. The van der Waals surface area contributed by atoms with Crippen LogP contribution >= 0.6 is 0 Å². The Balaban J connectivity index is 2.60. The first kappa shape index (κ1) is 15.6. The molecule has 1 heterocycles. The number of amidine groups is 1. The van der Waals surface area contributed by atoms with Gasteiger partial charge in [-0.1, -0.05) is 12.5 Å². The molecule has 106 valence electrons. The molecule has 2 unspecified atom stereocenters. The molecule has 0 aromatic rings. The van der Waals surface area contributed by atoms with E-state index >= 15 is 0 Å². The highest BCUT2D eigenvalue weighted by Crippen LogP contribution is 2.23. The second kappa shape index (κ2) is 7.21. The van der Waals surface area contributed by atoms with Crippen molar-refractivity contribution in [3.8, 4) is 0 Å². The molecule has 0 bridgehead atoms. The second-order valence-electron chi connectivity index (χ2n) is 4.95. The molecule has 0 spiro atoms. The van der Waals surface area contributed by atoms with E-state index in [1.54, 1.807) is 12.4 Å². The molecule has 1 rings (SSSR count). The van der Waals surface area contributed by atoms with E-state index in [2.05, 4.69) is 11.6 Å². The molecule has 0 radical (unpaired) electrons. The lowest BCUT2D eigenvalue weighted by Crippen LogP contribution is -2.59. The summed E-state index contributed by atoms with van der Waals surface area (Å²) >= 11 is 0. The molecular weight excluding hydrogens is 242 g/mol. The Morgan fingerprint density at radius 2 is 2.32 bits per heavy atom. The molecule has 2 atom stereocenters. The van der Waals surface area contributed by atoms with E-state index in [-0.39, 0.29) is 17.2 Å². The van der Waals surface area contributed by atoms with Gasteiger partial charge >= 0.3 is 5.97 Å². The lowest BCUT2D eigenvalue weighted by Gasteiger charge is -2.34. The maximum absolute atomic E-state index is 11.1. The van der Waals surface area contributed by atoms with Gasteiger partial charge in [-0.15, -0.1) is 6.58 Å². The molecule has 5 heteroatoms. The Bertz CT molecular complexity index is 388. The van der Waals surface area contributed by atoms with Crippen LogP contribution < -0.4 is 5.73 Å². The highest BCUT2D eigenvalue weighted by molar-refractivity contribution is 5.81. The van der Waals surface area contributed by atoms with E-state index in [1.807, 2.05) is 13.0 Å². The predicted molar refractivity (Wildman–Crippen MR) is 76.3 cm³/mol. The third-order valence-corrected chi connectivity index (χ3v) is 3.47. The van der Waals surface area contributed by atoms with Gasteiger partial charge in [-0.05, 0) is 19.3 Å². The Hall–Kier alpha value is -1.46. The minimum atomic E-state index is -0.858. The molecule has 0 saturated heterocycles. The maximum atomic E-state index is 11.1. The summed E-state index contributed by atoms with van der Waals surface area (Å²) in [6.07, 6.45) is 10.1. The number of carboxylic acids is 1. The number of rotatable bonds is 9. The van der Waals surface area contributed by atoms with Gasteiger partial charge in [-0.25, -0.2) is 14.3 Å². The minimum absolute atomic E-state index is 0.0420. The van der Waals surface area contributed by atoms with Crippen molar-refractivity contribution in [1.29, 1.82) is 0 Å². The van der Waals surface area contributed by atoms with Gasteiger partial charge in [0.2, 0.25) is 5.84 Å². The van der Waals surface area contributed by atoms with Crippen LogP contribution in [0.5, 0.6) is 0 Å². The number of quaternary nitrogens is 1. The third-order valence-electron chi connectivity index (χ3n) is 3.47. The van der Waals surface area contributed by atoms with E-state index < -0.39 is 5.97 Å². The topological polar surface area (TPSA) is 75.7 Å². The Kier molecular flexibility index (Phi) is 5.92. The largest absolute Gasteiger partial charge is 0.477 e. The standard InChI is InChI=1S/C14H23N3O2/c1-3-4-5-6-7-8-13-16-9-10-17(13,12(2)15)11-14(18)19/h3,9-10,12H,1,4-8,11,15H2,2H3/p+1. The average Bonchev–Trinajstić information content (AvgIpc) is 2.72. The molecule has 0 aromatic carbocycles. The molecule has 0 aliphatic carbocycles. The van der Waals surface area contributed by atoms with Crippen molar-refractivity contribution in [2.75, 3.05) is 6.54 Å². The lowest BCUT2D eigenvalue weighted by atomic mass is 10.1. The maximum Gasteiger partial charge on any atom is 0.360 e. The lowest BCUT2D eigenvalue weighted by molar-refractivity contribution is -0.805. The van der Waals surface area contributed by atoms with E-state index in [4.69, 9.17) is 10.8 Å². The van der Waals surface area contributed by atoms with Crippen molar-refractivity contribution in [1.82, 2.24) is 0 Å². The Morgan fingerprint density at radius 3 is 2.89 bits per heavy atom. The normalized spacial score (nSPS) is 23.2. The zero-order valence-corrected chi connectivity index (χ0v) is 11.6. The molecule has 0 aromatic heterocycles. The van der Waals surface area contributed by atoms with Crippen LogP contribution in [-0.4, -0.2) is 34.1 Å². The highest BCUT2D eigenvalue weighted by atomic mass is 16.4. The number of unbranched alkanes of at least 4 members (excludes halogenated alkanes) is 3. The van der Waals surface area contributed by atoms with Gasteiger partial charge < -0.3 is 5.11 Å². The zero-order valence-electron chi connectivity index (χ0n) is 11.6. The van der Waals surface area contributed by atoms with Crippen molar-refractivity contribution in [2.24, 2.45) is 10.7 Å². The number of hydrogen-bond acceptors (Lipinski definition) is 3. The molecule has 0 saturated carbocycles. The Morgan fingerprint density at radius 1 is 1.58 bits per heavy atom. The van der Waals surface area contributed by atoms with Gasteiger partial charge in [0.15, 0.2) is 6.54 Å². The van der Waals surface area contributed by atoms with Crippen LogP contribution in [0.3, 0.4) is 0 Å². The van der Waals surface area contributed by atoms with Gasteiger partial charge in [-0.3, -0.25) is 5.73 Å². The van der Waals surface area contributed by atoms with Crippen LogP contribution in [0, 0.1) is 0 Å². The summed E-state index contributed by atoms with van der Waals surface area (Å²) in [6, 6.07) is 0. The molecule has 0 amide bonds. The summed E-state index contributed by atoms with van der Waals surface area (Å²) in [5, 5.41) is 9.08. The number of aliphatic carboxylic acids is 1. The summed E-state index contributed by atoms with van der Waals surface area (Å²) < 4.78 is 0.150. The van der Waals surface area contributed by atoms with Crippen molar-refractivity contribution < 1.29 is 14.4 Å². The fourth-order valence-electron chi connectivity index (χ4n) is 2.34. The number of hydrogen-bond donors (Lipinski definition) is 2. The number of carbonyl (C=O) groups is 1. The van der Waals surface area contributed by atoms with Crippen molar-refractivity contribution in [3.05, 3.63) is 25.1 Å². The van der Waals surface area contributed by atoms with Gasteiger partial charge in [-0.2, -0.15) is 0 Å². The van der Waals surface area contributed by atoms with Crippen molar-refractivity contribution in [3.63, 3.8) is 0 Å². The summed E-state index contributed by atoms with van der Waals surface area (Å²) in [5.74, 6) is -0.000731. The Labute approximate surface area is 114 Å². The molecule has 19 heavy (non-hydrogen) atoms. The molecule has 5 nitrogen and oxygen atoms in total. The van der Waals surface area contributed by atoms with Crippen LogP contribution in [0.2, 0.25) is 0 Å². The fourth-order valence-corrected chi connectivity index (χ4v) is 2.34. The van der Waals surface area contributed by atoms with Gasteiger partial charge in [0.1, 0.15) is 12.4 Å². The quantitative estimate of drug-likeness (QED) is 0.381. The van der Waals surface area contributed by atoms with Crippen LogP contribution in [-0.2, 0) is 4.79 Å². The summed E-state index contributed by atoms with van der Waals surface area (Å²) in [6.45, 7) is 5.48. The van der Waals surface area contributed by atoms with E-state index in [1.165, 1.54) is 0 Å². The van der Waals surface area contributed by atoms with Gasteiger partial charge in [0.05, 0.1) is 6.20 Å². The van der Waals surface area contributed by atoms with Crippen molar-refractivity contribution >= 4 is 11.8 Å². The number of carboxylic acid groups (broad SMARTS) is 1. The van der Waals surface area contributed by atoms with E-state index in [0.29, 0.717) is 0 Å². The predicted octanol–water partition coefficient (Wildman–Crippen LogP) is 2.21. The average molecular weight is 266 g/mol. The fraction of sp³-hybridized carbons (Fsp3) is 0.571. The van der Waals surface area contributed by atoms with Gasteiger partial charge in [0, 0.05) is 13.3 Å². The first-order valence-electron chi connectivity index (χ1n) is 6.73. The number of allylic oxidation sites excluding steroid dienone is 1. The third kappa shape index (κ3) is 4.01. The minimum Gasteiger partial charge on any atom is -0.477 e. The summed E-state index contributed by atoms with van der Waals surface area (Å²) in [5.41, 5.74) is 5.99. The molecule has 3 N–H and O–H groups in total. The first-order valence-corrected chi connectivity index (χ1v) is 6.73. The summed E-state index contributed by atoms with van der Waals surface area (Å²) in [4.78, 5) is 15.4.